The van der Waals surface area contributed by atoms with E-state index in [4.69, 9.17) is 9.47 Å². The zero-order valence-electron chi connectivity index (χ0n) is 26.4. The van der Waals surface area contributed by atoms with E-state index in [0.29, 0.717) is 24.3 Å². The third kappa shape index (κ3) is 17.7. The number of ether oxygens (including phenoxy) is 2. The van der Waals surface area contributed by atoms with Crippen molar-refractivity contribution < 1.29 is 19.1 Å². The molecule has 40 heavy (non-hydrogen) atoms. The van der Waals surface area contributed by atoms with E-state index in [-0.39, 0.29) is 11.9 Å². The van der Waals surface area contributed by atoms with Crippen LogP contribution in [-0.4, -0.2) is 74.2 Å². The monoisotopic (exact) mass is 560 g/mol. The van der Waals surface area contributed by atoms with Crippen molar-refractivity contribution in [1.29, 1.82) is 0 Å². The summed E-state index contributed by atoms with van der Waals surface area (Å²) in [6, 6.07) is 6.59. The highest BCUT2D eigenvalue weighted by atomic mass is 16.5. The molecular formula is C34H60N2O4. The molecule has 0 aliphatic rings. The van der Waals surface area contributed by atoms with Crippen LogP contribution in [0.15, 0.2) is 24.3 Å². The quantitative estimate of drug-likeness (QED) is 0.0842. The van der Waals surface area contributed by atoms with E-state index in [0.717, 1.165) is 65.0 Å². The van der Waals surface area contributed by atoms with E-state index in [2.05, 4.69) is 37.5 Å². The number of esters is 2. The maximum Gasteiger partial charge on any atom is 0.338 e. The first-order valence-corrected chi connectivity index (χ1v) is 16.4. The molecule has 0 radical (unpaired) electrons. The van der Waals surface area contributed by atoms with Gasteiger partial charge in [0.15, 0.2) is 0 Å². The minimum absolute atomic E-state index is 0.339. The van der Waals surface area contributed by atoms with Gasteiger partial charge in [-0.25, -0.2) is 9.59 Å². The van der Waals surface area contributed by atoms with Crippen LogP contribution >= 0.6 is 0 Å². The minimum Gasteiger partial charge on any atom is -0.462 e. The van der Waals surface area contributed by atoms with Crippen molar-refractivity contribution >= 4 is 11.9 Å². The van der Waals surface area contributed by atoms with Crippen LogP contribution in [0.5, 0.6) is 0 Å². The fourth-order valence-corrected chi connectivity index (χ4v) is 4.85. The number of nitrogens with zero attached hydrogens (tertiary/aromatic N) is 2. The van der Waals surface area contributed by atoms with Gasteiger partial charge in [-0.05, 0) is 102 Å². The summed E-state index contributed by atoms with van der Waals surface area (Å²) in [5, 5.41) is 0. The fourth-order valence-electron chi connectivity index (χ4n) is 4.85. The lowest BCUT2D eigenvalue weighted by Gasteiger charge is -2.20. The molecule has 0 saturated heterocycles. The molecule has 0 aliphatic heterocycles. The first-order chi connectivity index (χ1) is 19.5. The van der Waals surface area contributed by atoms with Crippen molar-refractivity contribution in [2.45, 2.75) is 118 Å². The molecule has 0 N–H and O–H groups in total. The molecule has 0 heterocycles. The third-order valence-electron chi connectivity index (χ3n) is 7.61. The summed E-state index contributed by atoms with van der Waals surface area (Å²) in [5.74, 6) is -0.678. The summed E-state index contributed by atoms with van der Waals surface area (Å²) in [5.41, 5.74) is 0.932. The normalized spacial score (nSPS) is 11.3. The van der Waals surface area contributed by atoms with Crippen molar-refractivity contribution in [2.75, 3.05) is 52.5 Å². The zero-order chi connectivity index (χ0) is 29.3. The Bertz CT molecular complexity index is 690. The lowest BCUT2D eigenvalue weighted by atomic mass is 10.1. The number of unbranched alkanes of at least 4 members (excludes halogenated alkanes) is 10. The average molecular weight is 561 g/mol. The van der Waals surface area contributed by atoms with Gasteiger partial charge >= 0.3 is 11.9 Å². The van der Waals surface area contributed by atoms with E-state index >= 15 is 0 Å². The Labute approximate surface area is 246 Å². The first-order valence-electron chi connectivity index (χ1n) is 16.4. The van der Waals surface area contributed by atoms with Gasteiger partial charge in [-0.2, -0.15) is 0 Å². The van der Waals surface area contributed by atoms with E-state index < -0.39 is 0 Å². The summed E-state index contributed by atoms with van der Waals surface area (Å²) in [7, 11) is 0. The molecule has 230 valence electrons. The van der Waals surface area contributed by atoms with Crippen molar-refractivity contribution in [1.82, 2.24) is 9.80 Å². The molecule has 0 bridgehead atoms. The molecule has 0 spiro atoms. The Hall–Kier alpha value is -1.92. The van der Waals surface area contributed by atoms with Crippen LogP contribution in [0.4, 0.5) is 0 Å². The van der Waals surface area contributed by atoms with Crippen LogP contribution in [0.1, 0.15) is 138 Å². The van der Waals surface area contributed by atoms with Gasteiger partial charge < -0.3 is 19.3 Å². The maximum atomic E-state index is 12.4. The lowest BCUT2D eigenvalue weighted by molar-refractivity contribution is 0.0480. The van der Waals surface area contributed by atoms with Crippen LogP contribution in [-0.2, 0) is 9.47 Å². The second kappa shape index (κ2) is 24.8. The average Bonchev–Trinajstić information content (AvgIpc) is 2.98. The molecule has 0 fully saturated rings. The van der Waals surface area contributed by atoms with E-state index in [1.807, 2.05) is 0 Å². The Kier molecular flexibility index (Phi) is 22.4. The number of carbonyl (C=O) groups excluding carboxylic acids is 2. The van der Waals surface area contributed by atoms with Gasteiger partial charge in [0.1, 0.15) is 0 Å². The van der Waals surface area contributed by atoms with Crippen molar-refractivity contribution in [3.63, 3.8) is 0 Å². The third-order valence-corrected chi connectivity index (χ3v) is 7.61. The molecule has 0 atom stereocenters. The topological polar surface area (TPSA) is 59.1 Å². The molecule has 0 unspecified atom stereocenters. The van der Waals surface area contributed by atoms with Gasteiger partial charge in [-0.1, -0.05) is 79.1 Å². The Morgan fingerprint density at radius 3 is 1.15 bits per heavy atom. The summed E-state index contributed by atoms with van der Waals surface area (Å²) in [6.07, 6.45) is 16.8. The molecule has 0 aliphatic carbocycles. The van der Waals surface area contributed by atoms with Crippen LogP contribution < -0.4 is 0 Å². The highest BCUT2D eigenvalue weighted by molar-refractivity contribution is 5.93. The fraction of sp³-hybridized carbons (Fsp3) is 0.765. The Morgan fingerprint density at radius 2 is 0.825 bits per heavy atom. The number of hydrogen-bond acceptors (Lipinski definition) is 6. The molecule has 6 heteroatoms. The number of rotatable bonds is 26. The molecule has 1 aromatic carbocycles. The van der Waals surface area contributed by atoms with E-state index in [1.54, 1.807) is 24.3 Å². The second-order valence-electron chi connectivity index (χ2n) is 11.0. The number of hydrogen-bond donors (Lipinski definition) is 0. The van der Waals surface area contributed by atoms with Gasteiger partial charge in [0.2, 0.25) is 0 Å². The molecule has 0 saturated carbocycles. The smallest absolute Gasteiger partial charge is 0.338 e. The molecular weight excluding hydrogens is 500 g/mol. The molecule has 0 amide bonds. The maximum absolute atomic E-state index is 12.4. The predicted octanol–water partition coefficient (Wildman–Crippen LogP) is 8.15. The van der Waals surface area contributed by atoms with Crippen molar-refractivity contribution in [2.24, 2.45) is 0 Å². The molecule has 1 aromatic rings. The van der Waals surface area contributed by atoms with E-state index in [1.165, 1.54) is 64.2 Å². The van der Waals surface area contributed by atoms with Gasteiger partial charge in [-0.3, -0.25) is 0 Å². The number of benzene rings is 1. The van der Waals surface area contributed by atoms with Crippen molar-refractivity contribution in [3.8, 4) is 0 Å². The molecule has 0 aromatic heterocycles. The van der Waals surface area contributed by atoms with Crippen molar-refractivity contribution in [3.05, 3.63) is 35.4 Å². The van der Waals surface area contributed by atoms with Crippen LogP contribution in [0.3, 0.4) is 0 Å². The summed E-state index contributed by atoms with van der Waals surface area (Å²) in [4.78, 5) is 29.8. The highest BCUT2D eigenvalue weighted by Crippen LogP contribution is 2.10. The largest absolute Gasteiger partial charge is 0.462 e. The van der Waals surface area contributed by atoms with E-state index in [9.17, 15) is 9.59 Å². The standard InChI is InChI=1S/C34H60N2O4/c1-5-9-11-13-15-25-35(7-3)27-17-19-29-39-33(37)31-21-23-32(24-22-31)34(38)40-30-20-18-28-36(8-4)26-16-14-12-10-6-2/h21-24H,5-20,25-30H2,1-4H3. The zero-order valence-corrected chi connectivity index (χ0v) is 26.4. The van der Waals surface area contributed by atoms with Crippen LogP contribution in [0.2, 0.25) is 0 Å². The summed E-state index contributed by atoms with van der Waals surface area (Å²) >= 11 is 0. The SMILES string of the molecule is CCCCCCCN(CC)CCCCOC(=O)c1ccc(C(=O)OCCCCN(CC)CCCCCCC)cc1. The van der Waals surface area contributed by atoms with Gasteiger partial charge in [0, 0.05) is 0 Å². The van der Waals surface area contributed by atoms with Gasteiger partial charge in [-0.15, -0.1) is 0 Å². The second-order valence-corrected chi connectivity index (χ2v) is 11.0. The van der Waals surface area contributed by atoms with Crippen LogP contribution in [0.25, 0.3) is 0 Å². The van der Waals surface area contributed by atoms with Gasteiger partial charge in [0.05, 0.1) is 24.3 Å². The first kappa shape index (κ1) is 36.1. The minimum atomic E-state index is -0.339. The summed E-state index contributed by atoms with van der Waals surface area (Å²) in [6.45, 7) is 16.3. The lowest BCUT2D eigenvalue weighted by Crippen LogP contribution is -2.26. The Balaban J connectivity index is 2.19. The summed E-state index contributed by atoms with van der Waals surface area (Å²) < 4.78 is 10.9. The molecule has 1 rings (SSSR count). The number of carbonyl (C=O) groups is 2. The molecule has 6 nitrogen and oxygen atoms in total. The highest BCUT2D eigenvalue weighted by Gasteiger charge is 2.11. The Morgan fingerprint density at radius 1 is 0.500 bits per heavy atom. The predicted molar refractivity (Wildman–Crippen MR) is 167 cm³/mol. The van der Waals surface area contributed by atoms with Crippen LogP contribution in [0, 0.1) is 0 Å². The van der Waals surface area contributed by atoms with Gasteiger partial charge in [0.25, 0.3) is 0 Å².